The molecule has 1 N–H and O–H groups in total. The highest BCUT2D eigenvalue weighted by Gasteiger charge is 2.30. The Morgan fingerprint density at radius 1 is 0.976 bits per heavy atom. The second-order valence-corrected chi connectivity index (χ2v) is 12.7. The molecule has 1 unspecified atom stereocenters. The van der Waals surface area contributed by atoms with Crippen molar-refractivity contribution < 1.29 is 28.6 Å². The topological polar surface area (TPSA) is 113 Å². The molecule has 0 aliphatic rings. The Bertz CT molecular complexity index is 1300. The van der Waals surface area contributed by atoms with E-state index >= 15 is 0 Å². The molecule has 0 saturated carbocycles. The summed E-state index contributed by atoms with van der Waals surface area (Å²) in [6.45, 7) is 16.5. The molecule has 0 aliphatic carbocycles. The molecule has 2 aromatic rings. The highest BCUT2D eigenvalue weighted by molar-refractivity contribution is 6.31. The van der Waals surface area contributed by atoms with Crippen LogP contribution in [0, 0.1) is 5.92 Å². The second-order valence-electron chi connectivity index (χ2n) is 12.2. The van der Waals surface area contributed by atoms with Crippen LogP contribution in [0.5, 0.6) is 0 Å². The third kappa shape index (κ3) is 10.5. The average Bonchev–Trinajstić information content (AvgIpc) is 2.81. The summed E-state index contributed by atoms with van der Waals surface area (Å²) in [5.74, 6) is -1.16. The number of amides is 1. The minimum Gasteiger partial charge on any atom is -0.462 e. The third-order valence-electron chi connectivity index (χ3n) is 5.71. The van der Waals surface area contributed by atoms with Crippen LogP contribution < -0.4 is 10.9 Å². The third-order valence-corrected chi connectivity index (χ3v) is 5.95. The summed E-state index contributed by atoms with van der Waals surface area (Å²) in [5, 5.41) is 3.12. The number of nitrogens with one attached hydrogen (secondary N) is 1. The van der Waals surface area contributed by atoms with Crippen molar-refractivity contribution in [3.63, 3.8) is 0 Å². The van der Waals surface area contributed by atoms with E-state index in [1.165, 1.54) is 16.8 Å². The number of nitrogens with zero attached hydrogens (tertiary/aromatic N) is 1. The summed E-state index contributed by atoms with van der Waals surface area (Å²) in [6, 6.07) is 5.50. The molecule has 0 bridgehead atoms. The maximum atomic E-state index is 13.6. The van der Waals surface area contributed by atoms with Crippen molar-refractivity contribution in [2.24, 2.45) is 5.92 Å². The van der Waals surface area contributed by atoms with E-state index in [9.17, 15) is 19.2 Å². The fraction of sp³-hybridized carbons (Fsp3) is 0.548. The van der Waals surface area contributed by atoms with Gasteiger partial charge in [-0.05, 0) is 90.5 Å². The van der Waals surface area contributed by atoms with Gasteiger partial charge in [0.15, 0.2) is 0 Å². The molecule has 1 atom stereocenters. The van der Waals surface area contributed by atoms with Gasteiger partial charge in [0, 0.05) is 29.4 Å². The molecule has 2 rings (SSSR count). The lowest BCUT2D eigenvalue weighted by molar-refractivity contribution is -0.159. The van der Waals surface area contributed by atoms with E-state index in [0.717, 1.165) is 5.56 Å². The Balaban J connectivity index is 2.62. The highest BCUT2D eigenvalue weighted by Crippen LogP contribution is 2.31. The predicted molar refractivity (Wildman–Crippen MR) is 159 cm³/mol. The SMILES string of the molecule is CCOC(=O)c1cn(C(CC(C)C)C(=O)OC(C)(C)C)c(=O)cc1-c1cc(Cl)ccc1CCNC(=O)OC(C)(C)C. The molecule has 0 spiro atoms. The first-order valence-corrected chi connectivity index (χ1v) is 14.2. The normalized spacial score (nSPS) is 12.6. The lowest BCUT2D eigenvalue weighted by Gasteiger charge is -2.27. The summed E-state index contributed by atoms with van der Waals surface area (Å²) >= 11 is 6.35. The Labute approximate surface area is 247 Å². The molecule has 0 radical (unpaired) electrons. The van der Waals surface area contributed by atoms with Gasteiger partial charge in [-0.15, -0.1) is 0 Å². The van der Waals surface area contributed by atoms with Crippen molar-refractivity contribution in [3.8, 4) is 11.1 Å². The van der Waals surface area contributed by atoms with E-state index in [1.807, 2.05) is 13.8 Å². The number of aromatic nitrogens is 1. The fourth-order valence-electron chi connectivity index (χ4n) is 4.16. The highest BCUT2D eigenvalue weighted by atomic mass is 35.5. The second kappa shape index (κ2) is 14.0. The summed E-state index contributed by atoms with van der Waals surface area (Å²) in [4.78, 5) is 52.1. The summed E-state index contributed by atoms with van der Waals surface area (Å²) in [6.07, 6.45) is 1.51. The number of carbonyl (C=O) groups is 3. The number of pyridine rings is 1. The minimum atomic E-state index is -0.944. The van der Waals surface area contributed by atoms with E-state index in [1.54, 1.807) is 66.7 Å². The smallest absolute Gasteiger partial charge is 0.407 e. The zero-order valence-electron chi connectivity index (χ0n) is 25.6. The standard InChI is InChI=1S/C31H43ClN2O7/c1-10-39-27(36)24-18-34(25(15-19(2)3)28(37)40-30(4,5)6)26(35)17-23(24)22-16-21(32)12-11-20(22)13-14-33-29(38)41-31(7,8)9/h11-12,16-19,25H,10,13-15H2,1-9H3,(H,33,38). The number of hydrogen-bond donors (Lipinski definition) is 1. The molecule has 41 heavy (non-hydrogen) atoms. The van der Waals surface area contributed by atoms with Gasteiger partial charge in [0.1, 0.15) is 17.2 Å². The first kappa shape index (κ1) is 33.9. The maximum absolute atomic E-state index is 13.6. The van der Waals surface area contributed by atoms with Gasteiger partial charge in [0.25, 0.3) is 5.56 Å². The summed E-state index contributed by atoms with van der Waals surface area (Å²) < 4.78 is 17.5. The molecule has 0 aliphatic heterocycles. The minimum absolute atomic E-state index is 0.0575. The summed E-state index contributed by atoms with van der Waals surface area (Å²) in [7, 11) is 0. The number of carbonyl (C=O) groups excluding carboxylic acids is 3. The van der Waals surface area contributed by atoms with Gasteiger partial charge in [0.05, 0.1) is 12.2 Å². The van der Waals surface area contributed by atoms with Crippen LogP contribution in [0.4, 0.5) is 4.79 Å². The van der Waals surface area contributed by atoms with Crippen molar-refractivity contribution in [1.82, 2.24) is 9.88 Å². The molecular formula is C31H43ClN2O7. The fourth-order valence-corrected chi connectivity index (χ4v) is 4.33. The van der Waals surface area contributed by atoms with Gasteiger partial charge in [-0.2, -0.15) is 0 Å². The van der Waals surface area contributed by atoms with Gasteiger partial charge in [-0.3, -0.25) is 4.79 Å². The first-order valence-electron chi connectivity index (χ1n) is 13.8. The lowest BCUT2D eigenvalue weighted by Crippen LogP contribution is -2.36. The number of esters is 2. The van der Waals surface area contributed by atoms with E-state index in [2.05, 4.69) is 5.32 Å². The Morgan fingerprint density at radius 3 is 2.17 bits per heavy atom. The monoisotopic (exact) mass is 590 g/mol. The van der Waals surface area contributed by atoms with E-state index in [-0.39, 0.29) is 24.6 Å². The van der Waals surface area contributed by atoms with Gasteiger partial charge < -0.3 is 24.1 Å². The van der Waals surface area contributed by atoms with Crippen molar-refractivity contribution in [3.05, 3.63) is 57.0 Å². The molecule has 0 saturated heterocycles. The Hall–Kier alpha value is -3.33. The van der Waals surface area contributed by atoms with E-state index < -0.39 is 40.8 Å². The van der Waals surface area contributed by atoms with Crippen molar-refractivity contribution in [1.29, 1.82) is 0 Å². The zero-order chi connectivity index (χ0) is 31.1. The van der Waals surface area contributed by atoms with Crippen LogP contribution in [-0.4, -0.2) is 47.0 Å². The summed E-state index contributed by atoms with van der Waals surface area (Å²) in [5.41, 5.74) is -0.196. The number of ether oxygens (including phenoxy) is 3. The number of alkyl carbamates (subject to hydrolysis) is 1. The van der Waals surface area contributed by atoms with Crippen LogP contribution >= 0.6 is 11.6 Å². The largest absolute Gasteiger partial charge is 0.462 e. The van der Waals surface area contributed by atoms with Crippen molar-refractivity contribution in [2.45, 2.75) is 92.4 Å². The Morgan fingerprint density at radius 2 is 1.61 bits per heavy atom. The molecule has 1 aromatic heterocycles. The van der Waals surface area contributed by atoms with Gasteiger partial charge in [-0.1, -0.05) is 31.5 Å². The molecule has 10 heteroatoms. The molecule has 226 valence electrons. The van der Waals surface area contributed by atoms with Crippen molar-refractivity contribution in [2.75, 3.05) is 13.2 Å². The van der Waals surface area contributed by atoms with E-state index in [4.69, 9.17) is 25.8 Å². The number of rotatable bonds is 10. The van der Waals surface area contributed by atoms with Crippen LogP contribution in [0.3, 0.4) is 0 Å². The van der Waals surface area contributed by atoms with Crippen LogP contribution in [-0.2, 0) is 25.4 Å². The molecule has 1 amide bonds. The van der Waals surface area contributed by atoms with E-state index in [0.29, 0.717) is 29.0 Å². The van der Waals surface area contributed by atoms with Crippen LogP contribution in [0.1, 0.15) is 90.7 Å². The first-order chi connectivity index (χ1) is 18.9. The molecule has 0 fully saturated rings. The number of benzene rings is 1. The van der Waals surface area contributed by atoms with Gasteiger partial charge in [-0.25, -0.2) is 14.4 Å². The number of hydrogen-bond acceptors (Lipinski definition) is 7. The number of halogens is 1. The Kier molecular flexibility index (Phi) is 11.6. The molecular weight excluding hydrogens is 548 g/mol. The van der Waals surface area contributed by atoms with Crippen molar-refractivity contribution >= 4 is 29.6 Å². The zero-order valence-corrected chi connectivity index (χ0v) is 26.3. The quantitative estimate of drug-likeness (QED) is 0.254. The molecule has 1 aromatic carbocycles. The maximum Gasteiger partial charge on any atom is 0.407 e. The van der Waals surface area contributed by atoms with Crippen LogP contribution in [0.2, 0.25) is 5.02 Å². The molecule has 1 heterocycles. The van der Waals surface area contributed by atoms with Gasteiger partial charge in [0.2, 0.25) is 0 Å². The average molecular weight is 591 g/mol. The van der Waals surface area contributed by atoms with Crippen LogP contribution in [0.15, 0.2) is 35.3 Å². The van der Waals surface area contributed by atoms with Crippen LogP contribution in [0.25, 0.3) is 11.1 Å². The lowest BCUT2D eigenvalue weighted by atomic mass is 9.94. The molecule has 9 nitrogen and oxygen atoms in total. The predicted octanol–water partition coefficient (Wildman–Crippen LogP) is 6.34. The van der Waals surface area contributed by atoms with Gasteiger partial charge >= 0.3 is 18.0 Å².